The van der Waals surface area contributed by atoms with Crippen LogP contribution in [0.5, 0.6) is 11.5 Å². The van der Waals surface area contributed by atoms with Gasteiger partial charge in [0.2, 0.25) is 0 Å². The van der Waals surface area contributed by atoms with Crippen LogP contribution in [0.15, 0.2) is 40.9 Å². The number of hydrogen-bond acceptors (Lipinski definition) is 2. The Morgan fingerprint density at radius 3 is 2.21 bits per heavy atom. The third-order valence-electron chi connectivity index (χ3n) is 2.90. The fourth-order valence-electron chi connectivity index (χ4n) is 2.00. The highest BCUT2D eigenvalue weighted by Crippen LogP contribution is 2.32. The minimum absolute atomic E-state index is 0.0200. The van der Waals surface area contributed by atoms with Crippen LogP contribution in [0, 0.1) is 13.8 Å². The molecule has 2 rings (SSSR count). The topological polar surface area (TPSA) is 35.2 Å². The highest BCUT2D eigenvalue weighted by molar-refractivity contribution is 9.10. The zero-order valence-corrected chi connectivity index (χ0v) is 13.0. The van der Waals surface area contributed by atoms with E-state index in [0.29, 0.717) is 0 Å². The standard InChI is InChI=1S/C16H18BrNO/c1-10-6-11(2)8-14(7-10)19-16-5-4-13(12(3)18)9-15(16)17/h4-9,12H,18H2,1-3H3/t12-/m1/s1. The first-order valence-electron chi connectivity index (χ1n) is 6.27. The Bertz CT molecular complexity index is 573. The first-order chi connectivity index (χ1) is 8.95. The van der Waals surface area contributed by atoms with Crippen molar-refractivity contribution in [1.82, 2.24) is 0 Å². The molecule has 0 aromatic heterocycles. The maximum Gasteiger partial charge on any atom is 0.141 e. The molecule has 0 heterocycles. The lowest BCUT2D eigenvalue weighted by molar-refractivity contribution is 0.478. The van der Waals surface area contributed by atoms with Gasteiger partial charge in [0.15, 0.2) is 0 Å². The minimum atomic E-state index is 0.0200. The Hall–Kier alpha value is -1.32. The molecule has 0 aliphatic carbocycles. The van der Waals surface area contributed by atoms with E-state index in [0.717, 1.165) is 21.5 Å². The van der Waals surface area contributed by atoms with Gasteiger partial charge in [-0.05, 0) is 77.7 Å². The fraction of sp³-hybridized carbons (Fsp3) is 0.250. The van der Waals surface area contributed by atoms with Crippen LogP contribution >= 0.6 is 15.9 Å². The molecule has 0 saturated carbocycles. The van der Waals surface area contributed by atoms with Gasteiger partial charge in [-0.2, -0.15) is 0 Å². The van der Waals surface area contributed by atoms with Crippen molar-refractivity contribution >= 4 is 15.9 Å². The summed E-state index contributed by atoms with van der Waals surface area (Å²) in [5.41, 5.74) is 9.33. The summed E-state index contributed by atoms with van der Waals surface area (Å²) in [6.07, 6.45) is 0. The molecule has 100 valence electrons. The van der Waals surface area contributed by atoms with E-state index in [1.807, 2.05) is 37.3 Å². The van der Waals surface area contributed by atoms with Crippen molar-refractivity contribution in [2.24, 2.45) is 5.73 Å². The number of nitrogens with two attached hydrogens (primary N) is 1. The van der Waals surface area contributed by atoms with Gasteiger partial charge >= 0.3 is 0 Å². The Labute approximate surface area is 122 Å². The number of benzene rings is 2. The van der Waals surface area contributed by atoms with Crippen molar-refractivity contribution in [3.05, 3.63) is 57.6 Å². The molecule has 1 atom stereocenters. The number of aryl methyl sites for hydroxylation is 2. The van der Waals surface area contributed by atoms with E-state index in [4.69, 9.17) is 10.5 Å². The van der Waals surface area contributed by atoms with Crippen molar-refractivity contribution < 1.29 is 4.74 Å². The van der Waals surface area contributed by atoms with Gasteiger partial charge in [0.05, 0.1) is 4.47 Å². The zero-order chi connectivity index (χ0) is 14.0. The van der Waals surface area contributed by atoms with Gasteiger partial charge in [0.1, 0.15) is 11.5 Å². The smallest absolute Gasteiger partial charge is 0.141 e. The van der Waals surface area contributed by atoms with Crippen LogP contribution in [-0.2, 0) is 0 Å². The average Bonchev–Trinajstić information content (AvgIpc) is 2.30. The van der Waals surface area contributed by atoms with Crippen molar-refractivity contribution in [3.63, 3.8) is 0 Å². The van der Waals surface area contributed by atoms with E-state index < -0.39 is 0 Å². The third-order valence-corrected chi connectivity index (χ3v) is 3.52. The Morgan fingerprint density at radius 2 is 1.68 bits per heavy atom. The highest BCUT2D eigenvalue weighted by Gasteiger charge is 2.07. The van der Waals surface area contributed by atoms with Crippen LogP contribution in [0.25, 0.3) is 0 Å². The molecule has 0 bridgehead atoms. The molecule has 0 amide bonds. The number of rotatable bonds is 3. The second kappa shape index (κ2) is 5.76. The van der Waals surface area contributed by atoms with E-state index in [1.165, 1.54) is 11.1 Å². The fourth-order valence-corrected chi connectivity index (χ4v) is 2.48. The van der Waals surface area contributed by atoms with Gasteiger partial charge in [0, 0.05) is 6.04 Å². The van der Waals surface area contributed by atoms with Gasteiger partial charge in [-0.15, -0.1) is 0 Å². The van der Waals surface area contributed by atoms with Gasteiger partial charge in [-0.3, -0.25) is 0 Å². The Morgan fingerprint density at radius 1 is 1.05 bits per heavy atom. The number of hydrogen-bond donors (Lipinski definition) is 1. The molecule has 2 aromatic rings. The predicted molar refractivity (Wildman–Crippen MR) is 82.7 cm³/mol. The molecule has 0 aliphatic rings. The van der Waals surface area contributed by atoms with Crippen LogP contribution < -0.4 is 10.5 Å². The van der Waals surface area contributed by atoms with Gasteiger partial charge in [0.25, 0.3) is 0 Å². The SMILES string of the molecule is Cc1cc(C)cc(Oc2ccc([C@@H](C)N)cc2Br)c1. The predicted octanol–water partition coefficient (Wildman–Crippen LogP) is 4.88. The molecule has 2 nitrogen and oxygen atoms in total. The molecule has 2 aromatic carbocycles. The minimum Gasteiger partial charge on any atom is -0.456 e. The Kier molecular flexibility index (Phi) is 4.27. The summed E-state index contributed by atoms with van der Waals surface area (Å²) >= 11 is 3.53. The molecular formula is C16H18BrNO. The summed E-state index contributed by atoms with van der Waals surface area (Å²) in [5, 5.41) is 0. The second-order valence-electron chi connectivity index (χ2n) is 4.90. The molecule has 3 heteroatoms. The summed E-state index contributed by atoms with van der Waals surface area (Å²) in [6.45, 7) is 6.09. The van der Waals surface area contributed by atoms with Crippen LogP contribution in [0.4, 0.5) is 0 Å². The molecule has 19 heavy (non-hydrogen) atoms. The van der Waals surface area contributed by atoms with Crippen molar-refractivity contribution in [2.75, 3.05) is 0 Å². The number of halogens is 1. The summed E-state index contributed by atoms with van der Waals surface area (Å²) in [4.78, 5) is 0. The van der Waals surface area contributed by atoms with Crippen LogP contribution in [-0.4, -0.2) is 0 Å². The van der Waals surface area contributed by atoms with E-state index >= 15 is 0 Å². The molecule has 0 unspecified atom stereocenters. The highest BCUT2D eigenvalue weighted by atomic mass is 79.9. The maximum absolute atomic E-state index is 5.92. The van der Waals surface area contributed by atoms with Crippen LogP contribution in [0.1, 0.15) is 29.7 Å². The second-order valence-corrected chi connectivity index (χ2v) is 5.76. The molecule has 0 radical (unpaired) electrons. The van der Waals surface area contributed by atoms with Gasteiger partial charge in [-0.1, -0.05) is 12.1 Å². The average molecular weight is 320 g/mol. The van der Waals surface area contributed by atoms with Crippen LogP contribution in [0.2, 0.25) is 0 Å². The van der Waals surface area contributed by atoms with E-state index in [9.17, 15) is 0 Å². The molecule has 0 saturated heterocycles. The summed E-state index contributed by atoms with van der Waals surface area (Å²) in [6, 6.07) is 12.1. The summed E-state index contributed by atoms with van der Waals surface area (Å²) in [5.74, 6) is 1.65. The quantitative estimate of drug-likeness (QED) is 0.875. The lowest BCUT2D eigenvalue weighted by atomic mass is 10.1. The normalized spacial score (nSPS) is 12.3. The molecular weight excluding hydrogens is 302 g/mol. The van der Waals surface area contributed by atoms with Crippen molar-refractivity contribution in [2.45, 2.75) is 26.8 Å². The van der Waals surface area contributed by atoms with Gasteiger partial charge in [-0.25, -0.2) is 0 Å². The third kappa shape index (κ3) is 3.58. The lowest BCUT2D eigenvalue weighted by Crippen LogP contribution is -2.04. The van der Waals surface area contributed by atoms with E-state index in [-0.39, 0.29) is 6.04 Å². The van der Waals surface area contributed by atoms with E-state index in [1.54, 1.807) is 0 Å². The summed E-state index contributed by atoms with van der Waals surface area (Å²) in [7, 11) is 0. The lowest BCUT2D eigenvalue weighted by Gasteiger charge is -2.12. The summed E-state index contributed by atoms with van der Waals surface area (Å²) < 4.78 is 6.84. The molecule has 2 N–H and O–H groups in total. The largest absolute Gasteiger partial charge is 0.456 e. The van der Waals surface area contributed by atoms with Crippen LogP contribution in [0.3, 0.4) is 0 Å². The number of ether oxygens (including phenoxy) is 1. The van der Waals surface area contributed by atoms with Crippen molar-refractivity contribution in [3.8, 4) is 11.5 Å². The molecule has 0 fully saturated rings. The monoisotopic (exact) mass is 319 g/mol. The molecule has 0 spiro atoms. The molecule has 0 aliphatic heterocycles. The van der Waals surface area contributed by atoms with Gasteiger partial charge < -0.3 is 10.5 Å². The van der Waals surface area contributed by atoms with Crippen molar-refractivity contribution in [1.29, 1.82) is 0 Å². The zero-order valence-electron chi connectivity index (χ0n) is 11.4. The Balaban J connectivity index is 2.28. The maximum atomic E-state index is 5.92. The van der Waals surface area contributed by atoms with E-state index in [2.05, 4.69) is 35.8 Å². The first kappa shape index (κ1) is 14.1. The first-order valence-corrected chi connectivity index (χ1v) is 7.06.